The van der Waals surface area contributed by atoms with Crippen LogP contribution in [0.5, 0.6) is 0 Å². The summed E-state index contributed by atoms with van der Waals surface area (Å²) in [6.07, 6.45) is 4.64. The monoisotopic (exact) mass is 796 g/mol. The molecule has 0 saturated heterocycles. The minimum atomic E-state index is -0.750. The Morgan fingerprint density at radius 1 is 0.692 bits per heavy atom. The first-order valence-corrected chi connectivity index (χ1v) is 22.2. The Kier molecular flexibility index (Phi) is 244. The van der Waals surface area contributed by atoms with E-state index < -0.39 is 5.60 Å². The van der Waals surface area contributed by atoms with Crippen LogP contribution < -0.4 is 56.5 Å². The SMILES string of the molecule is C.C.C.C.CC(C)(C)[O-].CC=O.CCC.CCCC.CCOC.CCOC.S=S=S=S.S=S=S=S=S=S=S.[HH].[K+]. The molecule has 0 bridgehead atoms. The molecule has 0 aromatic heterocycles. The van der Waals surface area contributed by atoms with E-state index in [-0.39, 0.29) is 82.5 Å². The van der Waals surface area contributed by atoms with Crippen LogP contribution in [0.3, 0.4) is 0 Å². The molecule has 0 spiro atoms. The molecule has 0 fully saturated rings. The molecule has 0 unspecified atom stereocenters. The maximum atomic E-state index is 10.1. The molecule has 248 valence electrons. The van der Waals surface area contributed by atoms with Crippen molar-refractivity contribution in [1.82, 2.24) is 0 Å². The normalized spacial score (nSPS) is 6.28. The standard InChI is InChI=1S/C4H9O.C4H10.2C3H8O.C3H8.C2H4O.4CH4.K.S7.S4.H2/c1-4(2,3)5;3*1-3-4-2;1-3-2;1-2-3;;;;;;1-3-5-7-6-4-2;1-3-4-2;/h1-3H3;3-4H2,1-2H3;2*3H2,1-2H3;3H2,1-2H3;2H,1H3;4*1H4;;;;1H/q-1;;;;;;;;;;+1;;;. The van der Waals surface area contributed by atoms with Gasteiger partial charge in [-0.25, -0.2) is 0 Å². The van der Waals surface area contributed by atoms with Crippen LogP contribution in [0.1, 0.15) is 120 Å². The predicted molar refractivity (Wildman–Crippen MR) is 213 cm³/mol. The molecule has 4 nitrogen and oxygen atoms in total. The first kappa shape index (κ1) is 84.1. The summed E-state index contributed by atoms with van der Waals surface area (Å²) in [6.45, 7) is 20.5. The van der Waals surface area contributed by atoms with E-state index in [1.807, 2.05) is 13.8 Å². The number of hydrogen-bond donors (Lipinski definition) is 0. The summed E-state index contributed by atoms with van der Waals surface area (Å²) < 4.78 is 9.08. The zero-order valence-electron chi connectivity index (χ0n) is 23.7. The molecule has 0 saturated carbocycles. The number of ether oxygens (including phenoxy) is 2. The Bertz CT molecular complexity index is 549. The Morgan fingerprint density at radius 2 is 0.846 bits per heavy atom. The van der Waals surface area contributed by atoms with Crippen LogP contribution in [-0.2, 0) is 121 Å². The van der Waals surface area contributed by atoms with Gasteiger partial charge < -0.3 is 19.4 Å². The van der Waals surface area contributed by atoms with Crippen LogP contribution in [0, 0.1) is 0 Å². The Labute approximate surface area is 331 Å². The van der Waals surface area contributed by atoms with E-state index in [1.54, 1.807) is 61.6 Å². The number of unbranched alkanes of at least 4 members (excludes halogenated alkanes) is 1. The Balaban J connectivity index is -0.0000000160. The second kappa shape index (κ2) is 113. The number of hydrogen-bond acceptors (Lipinski definition) is 8. The Hall–Kier alpha value is 3.61. The average molecular weight is 798 g/mol. The minimum absolute atomic E-state index is 0. The molecule has 0 aromatic rings. The first-order valence-electron chi connectivity index (χ1n) is 10.2. The van der Waals surface area contributed by atoms with Gasteiger partial charge in [0.15, 0.2) is 0 Å². The zero-order valence-corrected chi connectivity index (χ0v) is 35.8. The van der Waals surface area contributed by atoms with Gasteiger partial charge in [-0.05, 0) is 20.8 Å². The third-order valence-corrected chi connectivity index (χ3v) is 12.3. The van der Waals surface area contributed by atoms with Gasteiger partial charge in [-0.1, -0.05) is 97.4 Å². The average Bonchev–Trinajstić information content (AvgIpc) is 2.80. The smallest absolute Gasteiger partial charge is 0.850 e. The van der Waals surface area contributed by atoms with E-state index >= 15 is 0 Å². The summed E-state index contributed by atoms with van der Waals surface area (Å²) in [5.74, 6) is 0. The molecular weight excluding hydrogens is 732 g/mol. The third kappa shape index (κ3) is 485. The van der Waals surface area contributed by atoms with Crippen molar-refractivity contribution >= 4 is 113 Å². The van der Waals surface area contributed by atoms with Crippen molar-refractivity contribution in [2.45, 2.75) is 124 Å². The fourth-order valence-electron chi connectivity index (χ4n) is 0.0340. The topological polar surface area (TPSA) is 58.6 Å². The quantitative estimate of drug-likeness (QED) is 0.303. The van der Waals surface area contributed by atoms with Crippen molar-refractivity contribution in [3.05, 3.63) is 0 Å². The second-order valence-electron chi connectivity index (χ2n) is 5.69. The van der Waals surface area contributed by atoms with E-state index in [9.17, 15) is 5.11 Å². The Morgan fingerprint density at radius 3 is 0.897 bits per heavy atom. The summed E-state index contributed by atoms with van der Waals surface area (Å²) in [4.78, 5) is 8.81. The summed E-state index contributed by atoms with van der Waals surface area (Å²) >= 11 is 17.8. The van der Waals surface area contributed by atoms with Crippen molar-refractivity contribution in [3.8, 4) is 0 Å². The molecule has 0 aliphatic carbocycles. The largest absolute Gasteiger partial charge is 1.00 e. The number of methoxy groups -OCH3 is 2. The van der Waals surface area contributed by atoms with Crippen LogP contribution in [0.25, 0.3) is 0 Å². The molecule has 0 rings (SSSR count). The third-order valence-electron chi connectivity index (χ3n) is 1.22. The van der Waals surface area contributed by atoms with Gasteiger partial charge in [0.05, 0.1) is 0 Å². The fraction of sp³-hybridized carbons (Fsp3) is 0.957. The molecule has 0 aliphatic heterocycles. The van der Waals surface area contributed by atoms with E-state index in [0.717, 1.165) is 19.5 Å². The molecule has 16 heteroatoms. The van der Waals surface area contributed by atoms with Crippen molar-refractivity contribution in [1.29, 1.82) is 0 Å². The molecule has 0 radical (unpaired) electrons. The maximum absolute atomic E-state index is 10.1. The van der Waals surface area contributed by atoms with Crippen molar-refractivity contribution < 1.29 is 72.2 Å². The van der Waals surface area contributed by atoms with Gasteiger partial charge in [-0.2, -0.15) is 0 Å². The maximum Gasteiger partial charge on any atom is 1.00 e. The van der Waals surface area contributed by atoms with Gasteiger partial charge in [0.25, 0.3) is 0 Å². The molecule has 0 heterocycles. The predicted octanol–water partition coefficient (Wildman–Crippen LogP) is 4.65. The molecule has 0 amide bonds. The van der Waals surface area contributed by atoms with Gasteiger partial charge >= 0.3 is 51.4 Å². The summed E-state index contributed by atoms with van der Waals surface area (Å²) in [5.41, 5.74) is -0.750. The molecular formula is C23H65KO4S11. The molecule has 0 aromatic carbocycles. The number of carbonyl (C=O) groups is 1. The first-order chi connectivity index (χ1) is 15.9. The van der Waals surface area contributed by atoms with Crippen LogP contribution in [0.2, 0.25) is 0 Å². The number of carbonyl (C=O) groups excluding carboxylic acids is 1. The van der Waals surface area contributed by atoms with Gasteiger partial charge in [-0.3, -0.25) is 0 Å². The van der Waals surface area contributed by atoms with E-state index in [1.165, 1.54) is 61.7 Å². The van der Waals surface area contributed by atoms with Crippen LogP contribution in [-0.4, -0.2) is 39.3 Å². The van der Waals surface area contributed by atoms with Crippen molar-refractivity contribution in [2.24, 2.45) is 0 Å². The zero-order chi connectivity index (χ0) is 29.1. The molecule has 0 N–H and O–H groups in total. The molecule has 0 atom stereocenters. The molecule has 0 aliphatic rings. The van der Waals surface area contributed by atoms with Crippen LogP contribution in [0.4, 0.5) is 0 Å². The van der Waals surface area contributed by atoms with Crippen molar-refractivity contribution in [3.63, 3.8) is 0 Å². The van der Waals surface area contributed by atoms with Gasteiger partial charge in [0.2, 0.25) is 0 Å². The van der Waals surface area contributed by atoms with Crippen LogP contribution >= 0.6 is 0 Å². The summed E-state index contributed by atoms with van der Waals surface area (Å²) in [7, 11) is 13.1. The van der Waals surface area contributed by atoms with Gasteiger partial charge in [0.1, 0.15) is 6.29 Å². The van der Waals surface area contributed by atoms with E-state index in [0.29, 0.717) is 0 Å². The van der Waals surface area contributed by atoms with Crippen molar-refractivity contribution in [2.75, 3.05) is 27.4 Å². The minimum Gasteiger partial charge on any atom is -0.850 e. The van der Waals surface area contributed by atoms with Gasteiger partial charge in [-0.15, -0.1) is 5.60 Å². The second-order valence-corrected chi connectivity index (χ2v) is 18.1. The fourth-order valence-corrected chi connectivity index (χ4v) is 8.27. The van der Waals surface area contributed by atoms with E-state index in [4.69, 9.17) is 4.79 Å². The number of rotatable bonds is 3. The summed E-state index contributed by atoms with van der Waals surface area (Å²) in [5, 5.41) is 10.1. The molecule has 39 heavy (non-hydrogen) atoms. The van der Waals surface area contributed by atoms with Crippen LogP contribution in [0.15, 0.2) is 0 Å². The van der Waals surface area contributed by atoms with Gasteiger partial charge in [0, 0.05) is 136 Å². The number of aldehydes is 1. The van der Waals surface area contributed by atoms with E-state index in [2.05, 4.69) is 81.9 Å². The summed E-state index contributed by atoms with van der Waals surface area (Å²) in [6, 6.07) is 0.